The van der Waals surface area contributed by atoms with Crippen LogP contribution in [0.1, 0.15) is 0 Å². The summed E-state index contributed by atoms with van der Waals surface area (Å²) >= 11 is 0. The second kappa shape index (κ2) is 1.94. The van der Waals surface area contributed by atoms with Crippen molar-refractivity contribution in [2.24, 2.45) is 4.99 Å². The van der Waals surface area contributed by atoms with Crippen LogP contribution >= 0.6 is 0 Å². The first-order chi connectivity index (χ1) is 4.20. The van der Waals surface area contributed by atoms with Crippen LogP contribution in [0.3, 0.4) is 0 Å². The molecule has 1 aliphatic heterocycles. The predicted molar refractivity (Wildman–Crippen MR) is 28.7 cm³/mol. The van der Waals surface area contributed by atoms with E-state index in [9.17, 15) is 0 Å². The molecule has 0 amide bonds. The van der Waals surface area contributed by atoms with Gasteiger partial charge in [0.05, 0.1) is 6.20 Å². The van der Waals surface area contributed by atoms with Gasteiger partial charge in [-0.05, 0) is 0 Å². The molecule has 1 aliphatic rings. The summed E-state index contributed by atoms with van der Waals surface area (Å²) in [6.45, 7) is 0.919. The van der Waals surface area contributed by atoms with Crippen LogP contribution in [-0.2, 0) is 0 Å². The van der Waals surface area contributed by atoms with Crippen LogP contribution in [0.5, 0.6) is 0 Å². The molecule has 49 valence electrons. The van der Waals surface area contributed by atoms with Crippen molar-refractivity contribution >= 4 is 6.02 Å². The van der Waals surface area contributed by atoms with Gasteiger partial charge in [-0.3, -0.25) is 5.21 Å². The maximum Gasteiger partial charge on any atom is 0.314 e. The molecule has 0 atom stereocenters. The molecule has 0 aromatic carbocycles. The molecule has 0 aromatic rings. The van der Waals surface area contributed by atoms with E-state index in [1.165, 1.54) is 0 Å². The average Bonchev–Trinajstić information content (AvgIpc) is 1.80. The van der Waals surface area contributed by atoms with Gasteiger partial charge in [0.1, 0.15) is 12.3 Å². The summed E-state index contributed by atoms with van der Waals surface area (Å²) in [5.41, 5.74) is 0. The third-order valence-electron chi connectivity index (χ3n) is 0.772. The SMILES string of the molecule is OC1=CN=C(O)N(O)[CH]1. The Morgan fingerprint density at radius 2 is 2.11 bits per heavy atom. The van der Waals surface area contributed by atoms with E-state index in [1.807, 2.05) is 0 Å². The fraction of sp³-hybridized carbons (Fsp3) is 0. The van der Waals surface area contributed by atoms with E-state index < -0.39 is 6.02 Å². The summed E-state index contributed by atoms with van der Waals surface area (Å²) in [5.74, 6) is -0.213. The molecule has 0 spiro atoms. The Labute approximate surface area is 51.1 Å². The molecule has 5 heteroatoms. The fourth-order valence-electron chi connectivity index (χ4n) is 0.399. The van der Waals surface area contributed by atoms with Crippen LogP contribution in [-0.4, -0.2) is 26.5 Å². The molecule has 5 nitrogen and oxygen atoms in total. The van der Waals surface area contributed by atoms with Crippen LogP contribution in [0.2, 0.25) is 0 Å². The van der Waals surface area contributed by atoms with Gasteiger partial charge in [0.25, 0.3) is 0 Å². The van der Waals surface area contributed by atoms with Crippen molar-refractivity contribution < 1.29 is 15.4 Å². The number of aliphatic imine (C=N–C) groups is 1. The summed E-state index contributed by atoms with van der Waals surface area (Å²) < 4.78 is 0. The van der Waals surface area contributed by atoms with E-state index in [2.05, 4.69) is 4.99 Å². The predicted octanol–water partition coefficient (Wildman–Crippen LogP) is 0.166. The highest BCUT2D eigenvalue weighted by atomic mass is 16.5. The minimum atomic E-state index is -0.562. The molecule has 9 heavy (non-hydrogen) atoms. The molecule has 0 saturated heterocycles. The molecule has 3 N–H and O–H groups in total. The lowest BCUT2D eigenvalue weighted by Gasteiger charge is -2.14. The van der Waals surface area contributed by atoms with Crippen LogP contribution < -0.4 is 0 Å². The van der Waals surface area contributed by atoms with E-state index in [-0.39, 0.29) is 5.76 Å². The highest BCUT2D eigenvalue weighted by Crippen LogP contribution is 2.04. The molecular formula is C4H5N2O3. The third kappa shape index (κ3) is 1.11. The maximum absolute atomic E-state index is 8.58. The topological polar surface area (TPSA) is 76.3 Å². The fourth-order valence-corrected chi connectivity index (χ4v) is 0.399. The summed E-state index contributed by atoms with van der Waals surface area (Å²) in [5, 5.41) is 26.0. The zero-order chi connectivity index (χ0) is 6.85. The largest absolute Gasteiger partial charge is 0.508 e. The van der Waals surface area contributed by atoms with Gasteiger partial charge in [0.15, 0.2) is 0 Å². The number of hydroxylamine groups is 2. The van der Waals surface area contributed by atoms with Crippen LogP contribution in [0, 0.1) is 6.54 Å². The first kappa shape index (κ1) is 5.90. The lowest BCUT2D eigenvalue weighted by molar-refractivity contribution is -0.00731. The number of rotatable bonds is 0. The molecule has 0 aromatic heterocycles. The van der Waals surface area contributed by atoms with E-state index in [0.29, 0.717) is 5.06 Å². The standard InChI is InChI=1S/C4H5N2O3/c7-3-1-5-4(8)6(9)2-3/h1-2,7,9H,(H,5,8). The summed E-state index contributed by atoms with van der Waals surface area (Å²) in [6, 6.07) is -0.562. The Kier molecular flexibility index (Phi) is 1.27. The Morgan fingerprint density at radius 3 is 2.56 bits per heavy atom. The Bertz CT molecular complexity index is 175. The van der Waals surface area contributed by atoms with Crippen LogP contribution in [0.4, 0.5) is 0 Å². The van der Waals surface area contributed by atoms with Gasteiger partial charge in [-0.25, -0.2) is 4.99 Å². The van der Waals surface area contributed by atoms with Crippen molar-refractivity contribution in [3.63, 3.8) is 0 Å². The van der Waals surface area contributed by atoms with Gasteiger partial charge >= 0.3 is 6.02 Å². The average molecular weight is 129 g/mol. The van der Waals surface area contributed by atoms with Crippen molar-refractivity contribution in [1.29, 1.82) is 0 Å². The van der Waals surface area contributed by atoms with Gasteiger partial charge in [0.2, 0.25) is 0 Å². The van der Waals surface area contributed by atoms with E-state index in [4.69, 9.17) is 15.4 Å². The molecule has 0 fully saturated rings. The van der Waals surface area contributed by atoms with E-state index >= 15 is 0 Å². The molecule has 1 heterocycles. The number of nitrogens with zero attached hydrogens (tertiary/aromatic N) is 2. The number of amidine groups is 1. The van der Waals surface area contributed by atoms with E-state index in [1.54, 1.807) is 0 Å². The minimum Gasteiger partial charge on any atom is -0.508 e. The Hall–Kier alpha value is -1.23. The normalized spacial score (nSPS) is 19.0. The monoisotopic (exact) mass is 129 g/mol. The summed E-state index contributed by atoms with van der Waals surface area (Å²) in [6.07, 6.45) is 1.02. The zero-order valence-corrected chi connectivity index (χ0v) is 4.39. The van der Waals surface area contributed by atoms with Crippen molar-refractivity contribution in [1.82, 2.24) is 5.06 Å². The second-order valence-corrected chi connectivity index (χ2v) is 1.46. The molecule has 0 bridgehead atoms. The van der Waals surface area contributed by atoms with E-state index in [0.717, 1.165) is 12.7 Å². The molecular weight excluding hydrogens is 124 g/mol. The van der Waals surface area contributed by atoms with Gasteiger partial charge in [0, 0.05) is 0 Å². The lowest BCUT2D eigenvalue weighted by Crippen LogP contribution is -2.27. The quantitative estimate of drug-likeness (QED) is 0.435. The molecule has 0 aliphatic carbocycles. The highest BCUT2D eigenvalue weighted by molar-refractivity contribution is 5.73. The third-order valence-corrected chi connectivity index (χ3v) is 0.772. The van der Waals surface area contributed by atoms with Crippen LogP contribution in [0.25, 0.3) is 0 Å². The molecule has 1 radical (unpaired) electrons. The lowest BCUT2D eigenvalue weighted by atomic mass is 10.5. The number of hydrogen-bond donors (Lipinski definition) is 3. The van der Waals surface area contributed by atoms with Gasteiger partial charge in [-0.1, -0.05) is 0 Å². The molecule has 0 saturated carbocycles. The number of aliphatic hydroxyl groups is 2. The van der Waals surface area contributed by atoms with Crippen molar-refractivity contribution in [3.05, 3.63) is 18.5 Å². The van der Waals surface area contributed by atoms with Crippen molar-refractivity contribution in [3.8, 4) is 0 Å². The molecule has 1 rings (SSSR count). The Morgan fingerprint density at radius 1 is 1.44 bits per heavy atom. The zero-order valence-electron chi connectivity index (χ0n) is 4.39. The number of hydrogen-bond acceptors (Lipinski definition) is 4. The van der Waals surface area contributed by atoms with Crippen LogP contribution in [0.15, 0.2) is 17.0 Å². The number of aliphatic hydroxyl groups excluding tert-OH is 2. The van der Waals surface area contributed by atoms with Gasteiger partial charge in [-0.2, -0.15) is 5.06 Å². The molecule has 0 unspecified atom stereocenters. The maximum atomic E-state index is 8.58. The minimum absolute atomic E-state index is 0.213. The summed E-state index contributed by atoms with van der Waals surface area (Å²) in [7, 11) is 0. The second-order valence-electron chi connectivity index (χ2n) is 1.46. The van der Waals surface area contributed by atoms with Gasteiger partial charge in [-0.15, -0.1) is 0 Å². The smallest absolute Gasteiger partial charge is 0.314 e. The Balaban J connectivity index is 2.74. The first-order valence-electron chi connectivity index (χ1n) is 2.19. The van der Waals surface area contributed by atoms with Crippen molar-refractivity contribution in [2.75, 3.05) is 0 Å². The van der Waals surface area contributed by atoms with Crippen molar-refractivity contribution in [2.45, 2.75) is 0 Å². The first-order valence-corrected chi connectivity index (χ1v) is 2.19. The summed E-state index contributed by atoms with van der Waals surface area (Å²) in [4.78, 5) is 3.20. The van der Waals surface area contributed by atoms with Gasteiger partial charge < -0.3 is 10.2 Å². The highest BCUT2D eigenvalue weighted by Gasteiger charge is 2.12.